The van der Waals surface area contributed by atoms with Crippen LogP contribution >= 0.6 is 12.2 Å². The molecule has 0 bridgehead atoms. The van der Waals surface area contributed by atoms with Crippen molar-refractivity contribution in [3.63, 3.8) is 0 Å². The highest BCUT2D eigenvalue weighted by molar-refractivity contribution is 7.80. The van der Waals surface area contributed by atoms with Gasteiger partial charge in [0.15, 0.2) is 5.11 Å². The molecule has 180 valence electrons. The number of benzene rings is 3. The number of aryl methyl sites for hydroxylation is 1. The van der Waals surface area contributed by atoms with Crippen molar-refractivity contribution in [1.29, 1.82) is 5.26 Å². The number of rotatable bonds is 5. The first-order valence-electron chi connectivity index (χ1n) is 11.6. The fourth-order valence-corrected chi connectivity index (χ4v) is 4.55. The van der Waals surface area contributed by atoms with Gasteiger partial charge in [-0.1, -0.05) is 54.1 Å². The van der Waals surface area contributed by atoms with Crippen LogP contribution in [0.4, 0.5) is 22.9 Å². The van der Waals surface area contributed by atoms with E-state index in [-0.39, 0.29) is 5.82 Å². The summed E-state index contributed by atoms with van der Waals surface area (Å²) in [7, 11) is 0. The Hall–Kier alpha value is -4.87. The first kappa shape index (κ1) is 23.9. The van der Waals surface area contributed by atoms with Gasteiger partial charge in [-0.05, 0) is 73.2 Å². The van der Waals surface area contributed by atoms with Crippen LogP contribution in [-0.4, -0.2) is 10.1 Å². The van der Waals surface area contributed by atoms with Crippen molar-refractivity contribution in [3.8, 4) is 6.07 Å². The van der Waals surface area contributed by atoms with Crippen molar-refractivity contribution < 1.29 is 0 Å². The summed E-state index contributed by atoms with van der Waals surface area (Å²) in [6, 6.07) is 32.5. The molecule has 0 aliphatic carbocycles. The minimum atomic E-state index is -0.505. The second-order valence-electron chi connectivity index (χ2n) is 8.45. The van der Waals surface area contributed by atoms with Crippen LogP contribution < -0.4 is 15.5 Å². The molecule has 2 heterocycles. The van der Waals surface area contributed by atoms with Crippen LogP contribution in [0.5, 0.6) is 0 Å². The quantitative estimate of drug-likeness (QED) is 0.237. The number of hydrogen-bond donors (Lipinski definition) is 1. The van der Waals surface area contributed by atoms with Crippen molar-refractivity contribution in [2.45, 2.75) is 13.0 Å². The Morgan fingerprint density at radius 1 is 0.865 bits per heavy atom. The third-order valence-corrected chi connectivity index (χ3v) is 6.38. The lowest BCUT2D eigenvalue weighted by Gasteiger charge is -2.43. The summed E-state index contributed by atoms with van der Waals surface area (Å²) in [5.74, 6) is 0.805. The van der Waals surface area contributed by atoms with E-state index in [1.54, 1.807) is 11.1 Å². The number of hydrogen-bond acceptors (Lipinski definition) is 6. The van der Waals surface area contributed by atoms with Crippen LogP contribution in [0.15, 0.2) is 125 Å². The summed E-state index contributed by atoms with van der Waals surface area (Å²) in [6.07, 6.45) is 1.67. The van der Waals surface area contributed by atoms with Gasteiger partial charge in [-0.2, -0.15) is 15.5 Å². The maximum absolute atomic E-state index is 10.3. The smallest absolute Gasteiger partial charge is 0.188 e. The number of anilines is 2. The van der Waals surface area contributed by atoms with Crippen molar-refractivity contribution >= 4 is 40.2 Å². The maximum Gasteiger partial charge on any atom is 0.188 e. The topological polar surface area (TPSA) is 93.9 Å². The average molecular weight is 502 g/mol. The third-order valence-electron chi connectivity index (χ3n) is 6.00. The summed E-state index contributed by atoms with van der Waals surface area (Å²) < 4.78 is 0. The fraction of sp³-hybridized carbons (Fsp3) is 0.0690. The van der Waals surface area contributed by atoms with Gasteiger partial charge in [-0.15, -0.1) is 0 Å². The molecule has 1 atom stereocenters. The number of nitrogens with zero attached hydrogens (tertiary/aromatic N) is 6. The molecule has 1 aromatic heterocycles. The van der Waals surface area contributed by atoms with Gasteiger partial charge >= 0.3 is 0 Å². The molecule has 3 aromatic carbocycles. The van der Waals surface area contributed by atoms with Gasteiger partial charge in [0, 0.05) is 11.9 Å². The van der Waals surface area contributed by atoms with E-state index in [0.717, 1.165) is 22.5 Å². The molecule has 8 heteroatoms. The maximum atomic E-state index is 10.3. The molecule has 37 heavy (non-hydrogen) atoms. The molecule has 0 saturated carbocycles. The molecule has 4 aromatic rings. The molecule has 0 radical (unpaired) electrons. The highest BCUT2D eigenvalue weighted by atomic mass is 32.1. The van der Waals surface area contributed by atoms with Gasteiger partial charge in [0.25, 0.3) is 0 Å². The summed E-state index contributed by atoms with van der Waals surface area (Å²) >= 11 is 5.99. The molecule has 0 spiro atoms. The van der Waals surface area contributed by atoms with Crippen molar-refractivity contribution in [2.24, 2.45) is 16.0 Å². The van der Waals surface area contributed by atoms with Gasteiger partial charge in [-0.3, -0.25) is 4.90 Å². The molecule has 0 saturated heterocycles. The van der Waals surface area contributed by atoms with E-state index in [2.05, 4.69) is 21.3 Å². The lowest BCUT2D eigenvalue weighted by atomic mass is 9.94. The van der Waals surface area contributed by atoms with Gasteiger partial charge in [0.1, 0.15) is 23.7 Å². The van der Waals surface area contributed by atoms with Crippen molar-refractivity contribution in [3.05, 3.63) is 126 Å². The van der Waals surface area contributed by atoms with Crippen LogP contribution in [0.1, 0.15) is 17.2 Å². The fourth-order valence-electron chi connectivity index (χ4n) is 4.15. The summed E-state index contributed by atoms with van der Waals surface area (Å²) in [5.41, 5.74) is 11.2. The van der Waals surface area contributed by atoms with E-state index in [4.69, 9.17) is 18.0 Å². The zero-order valence-corrected chi connectivity index (χ0v) is 20.9. The number of nitriles is 1. The number of azo groups is 1. The van der Waals surface area contributed by atoms with Crippen molar-refractivity contribution in [1.82, 2.24) is 4.98 Å². The second kappa shape index (κ2) is 10.4. The predicted octanol–water partition coefficient (Wildman–Crippen LogP) is 6.85. The molecule has 1 aliphatic heterocycles. The Morgan fingerprint density at radius 3 is 2.14 bits per heavy atom. The van der Waals surface area contributed by atoms with Crippen LogP contribution in [-0.2, 0) is 0 Å². The lowest BCUT2D eigenvalue weighted by Crippen LogP contribution is -2.52. The Morgan fingerprint density at radius 2 is 1.51 bits per heavy atom. The molecule has 1 unspecified atom stereocenters. The Balaban J connectivity index is 1.59. The first-order valence-corrected chi connectivity index (χ1v) is 12.0. The first-order chi connectivity index (χ1) is 18.1. The van der Waals surface area contributed by atoms with Gasteiger partial charge < -0.3 is 10.6 Å². The summed E-state index contributed by atoms with van der Waals surface area (Å²) in [4.78, 5) is 8.01. The molecule has 0 amide bonds. The highest BCUT2D eigenvalue weighted by Gasteiger charge is 2.39. The summed E-state index contributed by atoms with van der Waals surface area (Å²) in [5, 5.41) is 19.3. The van der Waals surface area contributed by atoms with Gasteiger partial charge in [0.05, 0.1) is 16.9 Å². The van der Waals surface area contributed by atoms with Crippen LogP contribution in [0, 0.1) is 18.3 Å². The zero-order valence-electron chi connectivity index (χ0n) is 20.1. The number of aromatic nitrogens is 1. The predicted molar refractivity (Wildman–Crippen MR) is 150 cm³/mol. The molecule has 0 fully saturated rings. The second-order valence-corrected chi connectivity index (χ2v) is 8.82. The van der Waals surface area contributed by atoms with Crippen molar-refractivity contribution in [2.75, 3.05) is 9.80 Å². The molecule has 2 N–H and O–H groups in total. The van der Waals surface area contributed by atoms with Crippen LogP contribution in [0.25, 0.3) is 0 Å². The Bertz CT molecular complexity index is 1510. The standard InChI is InChI=1S/C29H23N7S/c1-20-10-12-21(13-11-20)27-25(19-30)28(31)36(26-9-5-6-18-32-26)29(37)35(27)24-16-14-23(15-17-24)34-33-22-7-3-2-4-8-22/h2-18,27H,31H2,1H3. The van der Waals surface area contributed by atoms with Crippen LogP contribution in [0.3, 0.4) is 0 Å². The summed E-state index contributed by atoms with van der Waals surface area (Å²) in [6.45, 7) is 2.02. The number of nitrogens with two attached hydrogens (primary N) is 1. The van der Waals surface area contributed by atoms with E-state index in [9.17, 15) is 5.26 Å². The largest absolute Gasteiger partial charge is 0.384 e. The van der Waals surface area contributed by atoms with Gasteiger partial charge in [-0.25, -0.2) is 4.98 Å². The SMILES string of the molecule is Cc1ccc(C2C(C#N)=C(N)N(c3ccccn3)C(=S)N2c2ccc(N=Nc3ccccc3)cc2)cc1. The molecule has 5 rings (SSSR count). The monoisotopic (exact) mass is 501 g/mol. The van der Waals surface area contributed by atoms with Crippen LogP contribution in [0.2, 0.25) is 0 Å². The molecule has 1 aliphatic rings. The normalized spacial score (nSPS) is 15.8. The zero-order chi connectivity index (χ0) is 25.8. The minimum absolute atomic E-state index is 0.265. The number of thiocarbonyl (C=S) groups is 1. The van der Waals surface area contributed by atoms with E-state index >= 15 is 0 Å². The lowest BCUT2D eigenvalue weighted by molar-refractivity contribution is 0.790. The van der Waals surface area contributed by atoms with E-state index in [0.29, 0.717) is 22.2 Å². The van der Waals surface area contributed by atoms with Gasteiger partial charge in [0.2, 0.25) is 0 Å². The third kappa shape index (κ3) is 4.81. The molecular formula is C29H23N7S. The highest BCUT2D eigenvalue weighted by Crippen LogP contribution is 2.40. The Labute approximate surface area is 220 Å². The average Bonchev–Trinajstić information content (AvgIpc) is 2.94. The van der Waals surface area contributed by atoms with E-state index in [1.165, 1.54) is 0 Å². The minimum Gasteiger partial charge on any atom is -0.384 e. The Kier molecular flexibility index (Phi) is 6.70. The van der Waals surface area contributed by atoms with E-state index < -0.39 is 6.04 Å². The number of pyridine rings is 1. The van der Waals surface area contributed by atoms with E-state index in [1.807, 2.05) is 109 Å². The molecular weight excluding hydrogens is 478 g/mol. The molecule has 7 nitrogen and oxygen atoms in total.